The van der Waals surface area contributed by atoms with Gasteiger partial charge in [0.05, 0.1) is 0 Å². The van der Waals surface area contributed by atoms with Gasteiger partial charge < -0.3 is 10.4 Å². The number of thioether (sulfide) groups is 1. The number of phenols is 1. The van der Waals surface area contributed by atoms with Crippen molar-refractivity contribution in [3.05, 3.63) is 29.8 Å². The number of hydrogen-bond acceptors (Lipinski definition) is 3. The number of hydrogen-bond donors (Lipinski definition) is 2. The largest absolute Gasteiger partial charge is 0.508 e. The van der Waals surface area contributed by atoms with Crippen molar-refractivity contribution in [2.24, 2.45) is 0 Å². The molecule has 0 fully saturated rings. The van der Waals surface area contributed by atoms with E-state index in [1.54, 1.807) is 18.4 Å². The van der Waals surface area contributed by atoms with E-state index in [0.717, 1.165) is 12.0 Å². The fourth-order valence-corrected chi connectivity index (χ4v) is 1.87. The second-order valence-corrected chi connectivity index (χ2v) is 5.12. The molecule has 0 spiro atoms. The van der Waals surface area contributed by atoms with Crippen LogP contribution in [0.25, 0.3) is 0 Å². The van der Waals surface area contributed by atoms with Gasteiger partial charge in [0.2, 0.25) is 0 Å². The third kappa shape index (κ3) is 4.14. The van der Waals surface area contributed by atoms with Crippen molar-refractivity contribution >= 4 is 17.0 Å². The lowest BCUT2D eigenvalue weighted by molar-refractivity contribution is 0.250. The second-order valence-electron chi connectivity index (χ2n) is 4.34. The number of nitrogens with one attached hydrogen (secondary N) is 1. The first-order chi connectivity index (χ1) is 7.43. The second kappa shape index (κ2) is 5.25. The van der Waals surface area contributed by atoms with E-state index in [0.29, 0.717) is 0 Å². The summed E-state index contributed by atoms with van der Waals surface area (Å²) in [5.41, 5.74) is 0.807. The highest BCUT2D eigenvalue weighted by atomic mass is 32.2. The lowest BCUT2D eigenvalue weighted by atomic mass is 9.95. The van der Waals surface area contributed by atoms with E-state index in [4.69, 9.17) is 5.11 Å². The molecule has 0 atom stereocenters. The maximum absolute atomic E-state index is 11.3. The van der Waals surface area contributed by atoms with Gasteiger partial charge in [-0.1, -0.05) is 23.9 Å². The molecule has 0 aliphatic heterocycles. The van der Waals surface area contributed by atoms with Gasteiger partial charge in [-0.2, -0.15) is 0 Å². The Morgan fingerprint density at radius 2 is 1.94 bits per heavy atom. The zero-order valence-electron chi connectivity index (χ0n) is 9.78. The summed E-state index contributed by atoms with van der Waals surface area (Å²) in [5, 5.41) is 12.1. The van der Waals surface area contributed by atoms with Gasteiger partial charge in [-0.25, -0.2) is 0 Å². The molecule has 0 unspecified atom stereocenters. The summed E-state index contributed by atoms with van der Waals surface area (Å²) in [7, 11) is 0. The van der Waals surface area contributed by atoms with Crippen molar-refractivity contribution in [1.82, 2.24) is 5.32 Å². The molecule has 16 heavy (non-hydrogen) atoms. The van der Waals surface area contributed by atoms with E-state index < -0.39 is 0 Å². The number of benzene rings is 1. The highest BCUT2D eigenvalue weighted by Gasteiger charge is 2.20. The minimum absolute atomic E-state index is 0.0243. The summed E-state index contributed by atoms with van der Waals surface area (Å²) in [4.78, 5) is 11.3. The first kappa shape index (κ1) is 12.9. The molecule has 0 bridgehead atoms. The lowest BCUT2D eigenvalue weighted by Gasteiger charge is -2.25. The van der Waals surface area contributed by atoms with Crippen LogP contribution in [0.4, 0.5) is 4.79 Å². The lowest BCUT2D eigenvalue weighted by Crippen LogP contribution is -2.43. The van der Waals surface area contributed by atoms with E-state index >= 15 is 0 Å². The predicted molar refractivity (Wildman–Crippen MR) is 67.9 cm³/mol. The normalized spacial score (nSPS) is 11.2. The van der Waals surface area contributed by atoms with Crippen molar-refractivity contribution in [1.29, 1.82) is 0 Å². The average molecular weight is 239 g/mol. The highest BCUT2D eigenvalue weighted by molar-refractivity contribution is 8.12. The van der Waals surface area contributed by atoms with Gasteiger partial charge in [0, 0.05) is 5.54 Å². The summed E-state index contributed by atoms with van der Waals surface area (Å²) >= 11 is 1.17. The van der Waals surface area contributed by atoms with Gasteiger partial charge in [0.1, 0.15) is 5.75 Å². The van der Waals surface area contributed by atoms with Crippen molar-refractivity contribution in [2.75, 3.05) is 6.26 Å². The number of amides is 1. The van der Waals surface area contributed by atoms with Gasteiger partial charge in [-0.05, 0) is 44.2 Å². The Morgan fingerprint density at radius 3 is 2.44 bits per heavy atom. The predicted octanol–water partition coefficient (Wildman–Crippen LogP) is 2.79. The molecule has 0 radical (unpaired) electrons. The van der Waals surface area contributed by atoms with Crippen LogP contribution in [0.5, 0.6) is 5.75 Å². The minimum atomic E-state index is -0.281. The van der Waals surface area contributed by atoms with Crippen LogP contribution in [0, 0.1) is 0 Å². The molecular formula is C12H17NO2S. The molecule has 1 aromatic rings. The SMILES string of the molecule is CSC(=O)NC(C)(C)Cc1ccc(O)cc1. The van der Waals surface area contributed by atoms with E-state index in [2.05, 4.69) is 5.32 Å². The molecule has 0 saturated heterocycles. The van der Waals surface area contributed by atoms with Gasteiger partial charge in [-0.15, -0.1) is 0 Å². The quantitative estimate of drug-likeness (QED) is 0.852. The van der Waals surface area contributed by atoms with Crippen LogP contribution in [0.3, 0.4) is 0 Å². The van der Waals surface area contributed by atoms with Crippen LogP contribution >= 0.6 is 11.8 Å². The fourth-order valence-electron chi connectivity index (χ4n) is 1.50. The Kier molecular flexibility index (Phi) is 4.24. The molecule has 1 amide bonds. The Labute approximate surface area is 100 Å². The van der Waals surface area contributed by atoms with Crippen molar-refractivity contribution < 1.29 is 9.90 Å². The molecule has 0 aliphatic carbocycles. The molecule has 0 heterocycles. The van der Waals surface area contributed by atoms with E-state index in [-0.39, 0.29) is 16.5 Å². The van der Waals surface area contributed by atoms with E-state index in [1.165, 1.54) is 11.8 Å². The summed E-state index contributed by atoms with van der Waals surface area (Å²) in [6.07, 6.45) is 2.49. The fraction of sp³-hybridized carbons (Fsp3) is 0.417. The number of carbonyl (C=O) groups excluding carboxylic acids is 1. The number of carbonyl (C=O) groups is 1. The van der Waals surface area contributed by atoms with Crippen LogP contribution in [-0.2, 0) is 6.42 Å². The molecule has 1 aromatic carbocycles. The summed E-state index contributed by atoms with van der Waals surface area (Å²) in [5.74, 6) is 0.259. The minimum Gasteiger partial charge on any atom is -0.508 e. The van der Waals surface area contributed by atoms with Crippen molar-refractivity contribution in [3.63, 3.8) is 0 Å². The summed E-state index contributed by atoms with van der Waals surface area (Å²) in [6, 6.07) is 7.04. The summed E-state index contributed by atoms with van der Waals surface area (Å²) < 4.78 is 0. The zero-order chi connectivity index (χ0) is 12.2. The first-order valence-corrected chi connectivity index (χ1v) is 6.29. The summed E-state index contributed by atoms with van der Waals surface area (Å²) in [6.45, 7) is 3.96. The molecule has 3 nitrogen and oxygen atoms in total. The van der Waals surface area contributed by atoms with Crippen LogP contribution < -0.4 is 5.32 Å². The molecular weight excluding hydrogens is 222 g/mol. The Balaban J connectivity index is 2.64. The maximum atomic E-state index is 11.3. The Bertz CT molecular complexity index is 360. The zero-order valence-corrected chi connectivity index (χ0v) is 10.6. The van der Waals surface area contributed by atoms with Crippen LogP contribution in [0.2, 0.25) is 0 Å². The topological polar surface area (TPSA) is 49.3 Å². The van der Waals surface area contributed by atoms with Crippen LogP contribution in [-0.4, -0.2) is 22.1 Å². The molecule has 1 rings (SSSR count). The third-order valence-corrected chi connectivity index (χ3v) is 2.68. The standard InChI is InChI=1S/C12H17NO2S/c1-12(2,13-11(15)16-3)8-9-4-6-10(14)7-5-9/h4-7,14H,8H2,1-3H3,(H,13,15). The maximum Gasteiger partial charge on any atom is 0.279 e. The Morgan fingerprint density at radius 1 is 1.38 bits per heavy atom. The van der Waals surface area contributed by atoms with Crippen LogP contribution in [0.1, 0.15) is 19.4 Å². The molecule has 88 valence electrons. The number of phenolic OH excluding ortho intramolecular Hbond substituents is 1. The molecule has 4 heteroatoms. The van der Waals surface area contributed by atoms with E-state index in [1.807, 2.05) is 26.0 Å². The van der Waals surface area contributed by atoms with E-state index in [9.17, 15) is 4.79 Å². The average Bonchev–Trinajstić information content (AvgIpc) is 2.20. The van der Waals surface area contributed by atoms with Gasteiger partial charge in [-0.3, -0.25) is 4.79 Å². The smallest absolute Gasteiger partial charge is 0.279 e. The van der Waals surface area contributed by atoms with Gasteiger partial charge in [0.15, 0.2) is 0 Å². The van der Waals surface area contributed by atoms with Gasteiger partial charge >= 0.3 is 0 Å². The molecule has 0 saturated carbocycles. The molecule has 0 aromatic heterocycles. The number of rotatable bonds is 3. The van der Waals surface area contributed by atoms with Gasteiger partial charge in [0.25, 0.3) is 5.24 Å². The Hall–Kier alpha value is -1.16. The van der Waals surface area contributed by atoms with Crippen molar-refractivity contribution in [3.8, 4) is 5.75 Å². The monoisotopic (exact) mass is 239 g/mol. The molecule has 2 N–H and O–H groups in total. The molecule has 0 aliphatic rings. The third-order valence-electron chi connectivity index (χ3n) is 2.21. The first-order valence-electron chi connectivity index (χ1n) is 5.07. The van der Waals surface area contributed by atoms with Crippen molar-refractivity contribution in [2.45, 2.75) is 25.8 Å². The number of aromatic hydroxyl groups is 1. The van der Waals surface area contributed by atoms with Crippen LogP contribution in [0.15, 0.2) is 24.3 Å². The highest BCUT2D eigenvalue weighted by Crippen LogP contribution is 2.16.